The molecule has 0 aliphatic carbocycles. The Morgan fingerprint density at radius 3 is 2.45 bits per heavy atom. The van der Waals surface area contributed by atoms with E-state index in [4.69, 9.17) is 4.42 Å². The Bertz CT molecular complexity index is 428. The second kappa shape index (κ2) is 8.11. The van der Waals surface area contributed by atoms with Gasteiger partial charge in [-0.05, 0) is 64.6 Å². The summed E-state index contributed by atoms with van der Waals surface area (Å²) < 4.78 is 5.70. The van der Waals surface area contributed by atoms with Crippen molar-refractivity contribution >= 4 is 0 Å². The van der Waals surface area contributed by atoms with Crippen LogP contribution in [-0.2, 0) is 6.54 Å². The molecule has 0 amide bonds. The lowest BCUT2D eigenvalue weighted by atomic mass is 9.95. The summed E-state index contributed by atoms with van der Waals surface area (Å²) in [4.78, 5) is 6.97. The molecule has 1 atom stereocenters. The molecule has 1 aromatic heterocycles. The molecule has 1 saturated heterocycles. The summed E-state index contributed by atoms with van der Waals surface area (Å²) in [6, 6.07) is 0.663. The second-order valence-electron chi connectivity index (χ2n) is 7.14. The van der Waals surface area contributed by atoms with Crippen molar-refractivity contribution in [2.75, 3.05) is 19.6 Å². The monoisotopic (exact) mass is 307 g/mol. The van der Waals surface area contributed by atoms with Gasteiger partial charge in [-0.25, -0.2) is 4.98 Å². The summed E-state index contributed by atoms with van der Waals surface area (Å²) in [5, 5.41) is 3.76. The predicted octanol–water partition coefficient (Wildman–Crippen LogP) is 3.53. The van der Waals surface area contributed by atoms with Crippen LogP contribution in [0.3, 0.4) is 0 Å². The molecule has 0 saturated carbocycles. The molecule has 4 nitrogen and oxygen atoms in total. The largest absolute Gasteiger partial charge is 0.444 e. The van der Waals surface area contributed by atoms with Crippen LogP contribution in [0.5, 0.6) is 0 Å². The molecule has 22 heavy (non-hydrogen) atoms. The van der Waals surface area contributed by atoms with E-state index >= 15 is 0 Å². The van der Waals surface area contributed by atoms with Crippen LogP contribution in [0.25, 0.3) is 0 Å². The highest BCUT2D eigenvalue weighted by Gasteiger charge is 2.22. The van der Waals surface area contributed by atoms with E-state index in [2.05, 4.69) is 36.0 Å². The van der Waals surface area contributed by atoms with Gasteiger partial charge in [-0.3, -0.25) is 4.90 Å². The van der Waals surface area contributed by atoms with Crippen molar-refractivity contribution in [3.8, 4) is 0 Å². The number of rotatable bonds is 7. The van der Waals surface area contributed by atoms with Crippen LogP contribution in [0.1, 0.15) is 57.4 Å². The fourth-order valence-electron chi connectivity index (χ4n) is 3.32. The SMILES string of the molecule is CC[C@H](NCC1CCN(Cc2nc(C)c(C)o2)CC1)C(C)C. The standard InChI is InChI=1S/C18H33N3O/c1-6-17(13(2)3)19-11-16-7-9-21(10-8-16)12-18-20-14(4)15(5)22-18/h13,16-17,19H,6-12H2,1-5H3/t17-/m0/s1. The Morgan fingerprint density at radius 2 is 1.95 bits per heavy atom. The number of hydrogen-bond acceptors (Lipinski definition) is 4. The number of hydrogen-bond donors (Lipinski definition) is 1. The molecule has 1 fully saturated rings. The lowest BCUT2D eigenvalue weighted by molar-refractivity contribution is 0.158. The maximum absolute atomic E-state index is 5.70. The van der Waals surface area contributed by atoms with Crippen molar-refractivity contribution in [3.63, 3.8) is 0 Å². The first-order chi connectivity index (χ1) is 10.5. The van der Waals surface area contributed by atoms with Gasteiger partial charge in [-0.15, -0.1) is 0 Å². The molecule has 2 rings (SSSR count). The molecule has 1 aliphatic heterocycles. The molecule has 1 aromatic rings. The van der Waals surface area contributed by atoms with Gasteiger partial charge in [0.2, 0.25) is 5.89 Å². The van der Waals surface area contributed by atoms with E-state index in [9.17, 15) is 0 Å². The Kier molecular flexibility index (Phi) is 6.45. The molecular weight excluding hydrogens is 274 g/mol. The number of piperidine rings is 1. The van der Waals surface area contributed by atoms with Gasteiger partial charge in [-0.2, -0.15) is 0 Å². The van der Waals surface area contributed by atoms with Gasteiger partial charge in [0.15, 0.2) is 0 Å². The van der Waals surface area contributed by atoms with E-state index in [1.54, 1.807) is 0 Å². The Balaban J connectivity index is 1.71. The van der Waals surface area contributed by atoms with Crippen LogP contribution in [0, 0.1) is 25.7 Å². The minimum absolute atomic E-state index is 0.663. The quantitative estimate of drug-likeness (QED) is 0.837. The van der Waals surface area contributed by atoms with E-state index in [1.165, 1.54) is 25.8 Å². The first-order valence-corrected chi connectivity index (χ1v) is 8.88. The van der Waals surface area contributed by atoms with Gasteiger partial charge in [0, 0.05) is 6.04 Å². The van der Waals surface area contributed by atoms with Gasteiger partial charge >= 0.3 is 0 Å². The summed E-state index contributed by atoms with van der Waals surface area (Å²) in [5.74, 6) is 3.37. The third kappa shape index (κ3) is 4.82. The van der Waals surface area contributed by atoms with Gasteiger partial charge in [0.1, 0.15) is 5.76 Å². The van der Waals surface area contributed by atoms with Gasteiger partial charge in [0.25, 0.3) is 0 Å². The number of aromatic nitrogens is 1. The third-order valence-corrected chi connectivity index (χ3v) is 5.05. The minimum Gasteiger partial charge on any atom is -0.444 e. The summed E-state index contributed by atoms with van der Waals surface area (Å²) in [7, 11) is 0. The van der Waals surface area contributed by atoms with Crippen molar-refractivity contribution in [2.24, 2.45) is 11.8 Å². The molecule has 1 aliphatic rings. The minimum atomic E-state index is 0.663. The van der Waals surface area contributed by atoms with Gasteiger partial charge in [0.05, 0.1) is 12.2 Å². The fraction of sp³-hybridized carbons (Fsp3) is 0.833. The average Bonchev–Trinajstić information content (AvgIpc) is 2.79. The predicted molar refractivity (Wildman–Crippen MR) is 90.9 cm³/mol. The Morgan fingerprint density at radius 1 is 1.27 bits per heavy atom. The van der Waals surface area contributed by atoms with Crippen LogP contribution in [0.15, 0.2) is 4.42 Å². The van der Waals surface area contributed by atoms with Crippen LogP contribution in [0.2, 0.25) is 0 Å². The highest BCUT2D eigenvalue weighted by atomic mass is 16.4. The van der Waals surface area contributed by atoms with Crippen molar-refractivity contribution in [2.45, 2.75) is 66.5 Å². The lowest BCUT2D eigenvalue weighted by Crippen LogP contribution is -2.41. The molecule has 0 radical (unpaired) electrons. The molecule has 126 valence electrons. The van der Waals surface area contributed by atoms with Crippen molar-refractivity contribution in [1.82, 2.24) is 15.2 Å². The summed E-state index contributed by atoms with van der Waals surface area (Å²) in [6.07, 6.45) is 3.78. The molecule has 0 aromatic carbocycles. The van der Waals surface area contributed by atoms with Crippen LogP contribution in [-0.4, -0.2) is 35.6 Å². The number of nitrogens with zero attached hydrogens (tertiary/aromatic N) is 2. The summed E-state index contributed by atoms with van der Waals surface area (Å²) >= 11 is 0. The van der Waals surface area contributed by atoms with Crippen LogP contribution >= 0.6 is 0 Å². The molecule has 4 heteroatoms. The number of likely N-dealkylation sites (tertiary alicyclic amines) is 1. The highest BCUT2D eigenvalue weighted by molar-refractivity contribution is 5.05. The highest BCUT2D eigenvalue weighted by Crippen LogP contribution is 2.20. The topological polar surface area (TPSA) is 41.3 Å². The smallest absolute Gasteiger partial charge is 0.208 e. The third-order valence-electron chi connectivity index (χ3n) is 5.05. The van der Waals surface area contributed by atoms with Crippen LogP contribution in [0.4, 0.5) is 0 Å². The van der Waals surface area contributed by atoms with E-state index in [-0.39, 0.29) is 0 Å². The summed E-state index contributed by atoms with van der Waals surface area (Å²) in [5.41, 5.74) is 1.02. The zero-order valence-corrected chi connectivity index (χ0v) is 15.0. The zero-order chi connectivity index (χ0) is 16.1. The van der Waals surface area contributed by atoms with E-state index in [0.717, 1.165) is 48.8 Å². The van der Waals surface area contributed by atoms with Gasteiger partial charge < -0.3 is 9.73 Å². The average molecular weight is 307 g/mol. The molecular formula is C18H33N3O. The van der Waals surface area contributed by atoms with Crippen LogP contribution < -0.4 is 5.32 Å². The second-order valence-corrected chi connectivity index (χ2v) is 7.14. The Labute approximate surface area is 135 Å². The van der Waals surface area contributed by atoms with Crippen molar-refractivity contribution in [1.29, 1.82) is 0 Å². The van der Waals surface area contributed by atoms with Crippen molar-refractivity contribution < 1.29 is 4.42 Å². The number of oxazole rings is 1. The normalized spacial score (nSPS) is 19.0. The van der Waals surface area contributed by atoms with E-state index in [0.29, 0.717) is 6.04 Å². The molecule has 0 spiro atoms. The first kappa shape index (κ1) is 17.5. The van der Waals surface area contributed by atoms with Crippen molar-refractivity contribution in [3.05, 3.63) is 17.3 Å². The lowest BCUT2D eigenvalue weighted by Gasteiger charge is -2.32. The van der Waals surface area contributed by atoms with Gasteiger partial charge in [-0.1, -0.05) is 20.8 Å². The maximum atomic E-state index is 5.70. The number of aryl methyl sites for hydroxylation is 2. The Hall–Kier alpha value is -0.870. The molecule has 1 N–H and O–H groups in total. The first-order valence-electron chi connectivity index (χ1n) is 8.88. The number of nitrogens with one attached hydrogen (secondary N) is 1. The van der Waals surface area contributed by atoms with E-state index in [1.807, 2.05) is 13.8 Å². The van der Waals surface area contributed by atoms with E-state index < -0.39 is 0 Å². The molecule has 0 bridgehead atoms. The zero-order valence-electron chi connectivity index (χ0n) is 15.0. The summed E-state index contributed by atoms with van der Waals surface area (Å²) in [6.45, 7) is 15.2. The molecule has 2 heterocycles. The molecule has 0 unspecified atom stereocenters. The fourth-order valence-corrected chi connectivity index (χ4v) is 3.32. The maximum Gasteiger partial charge on any atom is 0.208 e.